The van der Waals surface area contributed by atoms with Crippen LogP contribution in [0.4, 0.5) is 5.88 Å². The maximum absolute atomic E-state index is 8.65. The Morgan fingerprint density at radius 1 is 1.43 bits per heavy atom. The molecule has 0 aliphatic heterocycles. The monoisotopic (exact) mass is 192 g/mol. The summed E-state index contributed by atoms with van der Waals surface area (Å²) in [6.07, 6.45) is 0. The molecule has 0 spiro atoms. The van der Waals surface area contributed by atoms with Crippen molar-refractivity contribution in [1.82, 2.24) is 0 Å². The van der Waals surface area contributed by atoms with Crippen molar-refractivity contribution in [2.75, 3.05) is 11.4 Å². The van der Waals surface area contributed by atoms with Gasteiger partial charge in [0.25, 0.3) is 0 Å². The Hall–Kier alpha value is -1.43. The molecule has 1 aromatic heterocycles. The van der Waals surface area contributed by atoms with Crippen LogP contribution in [0.1, 0.15) is 33.5 Å². The minimum atomic E-state index is 0.0132. The summed E-state index contributed by atoms with van der Waals surface area (Å²) in [6.45, 7) is 9.28. The number of hydrogen-bond donors (Lipinski definition) is 0. The molecule has 0 aliphatic carbocycles. The quantitative estimate of drug-likeness (QED) is 0.723. The molecule has 0 unspecified atom stereocenters. The first-order valence-electron chi connectivity index (χ1n) is 4.76. The number of rotatable bonds is 2. The summed E-state index contributed by atoms with van der Waals surface area (Å²) in [6, 6.07) is 5.52. The molecule has 0 atom stereocenters. The highest BCUT2D eigenvalue weighted by molar-refractivity contribution is 5.41. The van der Waals surface area contributed by atoms with Crippen LogP contribution in [-0.4, -0.2) is 12.1 Å². The normalized spacial score (nSPS) is 11.1. The van der Waals surface area contributed by atoms with Gasteiger partial charge in [-0.2, -0.15) is 5.26 Å². The summed E-state index contributed by atoms with van der Waals surface area (Å²) < 4.78 is 5.38. The number of nitrogens with zero attached hydrogens (tertiary/aromatic N) is 2. The van der Waals surface area contributed by atoms with Gasteiger partial charge >= 0.3 is 0 Å². The molecule has 0 amide bonds. The highest BCUT2D eigenvalue weighted by Crippen LogP contribution is 2.25. The van der Waals surface area contributed by atoms with Crippen LogP contribution >= 0.6 is 0 Å². The first-order valence-corrected chi connectivity index (χ1v) is 4.76. The number of nitriles is 1. The fraction of sp³-hybridized carbons (Fsp3) is 0.545. The average molecular weight is 192 g/mol. The Kier molecular flexibility index (Phi) is 2.85. The molecule has 0 fully saturated rings. The second kappa shape index (κ2) is 3.75. The summed E-state index contributed by atoms with van der Waals surface area (Å²) >= 11 is 0. The lowest BCUT2D eigenvalue weighted by molar-refractivity contribution is 0.449. The van der Waals surface area contributed by atoms with E-state index in [0.29, 0.717) is 5.76 Å². The van der Waals surface area contributed by atoms with Crippen molar-refractivity contribution >= 4 is 5.88 Å². The average Bonchev–Trinajstić information content (AvgIpc) is 2.51. The molecule has 76 valence electrons. The molecule has 3 nitrogen and oxygen atoms in total. The van der Waals surface area contributed by atoms with Gasteiger partial charge in [0.05, 0.1) is 0 Å². The molecule has 0 radical (unpaired) electrons. The fourth-order valence-electron chi connectivity index (χ4n) is 1.49. The van der Waals surface area contributed by atoms with E-state index in [1.165, 1.54) is 0 Å². The minimum absolute atomic E-state index is 0.0132. The lowest BCUT2D eigenvalue weighted by atomic mass is 10.1. The third-order valence-corrected chi connectivity index (χ3v) is 2.09. The van der Waals surface area contributed by atoms with Crippen LogP contribution in [0.2, 0.25) is 0 Å². The molecule has 1 aromatic rings. The van der Waals surface area contributed by atoms with Crippen molar-refractivity contribution in [2.45, 2.75) is 33.2 Å². The smallest absolute Gasteiger partial charge is 0.206 e. The predicted molar refractivity (Wildman–Crippen MR) is 56.2 cm³/mol. The van der Waals surface area contributed by atoms with Gasteiger partial charge in [0.1, 0.15) is 6.07 Å². The van der Waals surface area contributed by atoms with Crippen molar-refractivity contribution in [3.63, 3.8) is 0 Å². The Balaban J connectivity index is 2.97. The molecular weight excluding hydrogens is 176 g/mol. The predicted octanol–water partition coefficient (Wildman–Crippen LogP) is 2.78. The first kappa shape index (κ1) is 10.6. The highest BCUT2D eigenvalue weighted by atomic mass is 16.4. The van der Waals surface area contributed by atoms with Gasteiger partial charge in [-0.3, -0.25) is 0 Å². The van der Waals surface area contributed by atoms with Crippen LogP contribution in [0.25, 0.3) is 0 Å². The lowest BCUT2D eigenvalue weighted by Gasteiger charge is -2.34. The van der Waals surface area contributed by atoms with E-state index < -0.39 is 0 Å². The van der Waals surface area contributed by atoms with Gasteiger partial charge in [0.15, 0.2) is 5.88 Å². The van der Waals surface area contributed by atoms with Crippen molar-refractivity contribution in [3.8, 4) is 6.07 Å². The second-order valence-electron chi connectivity index (χ2n) is 4.16. The molecule has 0 bridgehead atoms. The SMILES string of the molecule is CCN(c1ccc(C#N)o1)C(C)(C)C. The van der Waals surface area contributed by atoms with Crippen LogP contribution in [0.5, 0.6) is 0 Å². The molecule has 1 heterocycles. The van der Waals surface area contributed by atoms with Crippen LogP contribution in [0.3, 0.4) is 0 Å². The van der Waals surface area contributed by atoms with Gasteiger partial charge in [0, 0.05) is 18.2 Å². The van der Waals surface area contributed by atoms with E-state index in [2.05, 4.69) is 32.6 Å². The van der Waals surface area contributed by atoms with Gasteiger partial charge in [-0.15, -0.1) is 0 Å². The number of hydrogen-bond acceptors (Lipinski definition) is 3. The maximum atomic E-state index is 8.65. The molecule has 3 heteroatoms. The Morgan fingerprint density at radius 3 is 2.43 bits per heavy atom. The van der Waals surface area contributed by atoms with Crippen LogP contribution in [0, 0.1) is 11.3 Å². The third-order valence-electron chi connectivity index (χ3n) is 2.09. The van der Waals surface area contributed by atoms with Crippen molar-refractivity contribution in [1.29, 1.82) is 5.26 Å². The topological polar surface area (TPSA) is 40.2 Å². The van der Waals surface area contributed by atoms with Crippen LogP contribution < -0.4 is 4.90 Å². The van der Waals surface area contributed by atoms with E-state index in [1.54, 1.807) is 6.07 Å². The minimum Gasteiger partial charge on any atom is -0.430 e. The maximum Gasteiger partial charge on any atom is 0.206 e. The van der Waals surface area contributed by atoms with Gasteiger partial charge in [0.2, 0.25) is 5.76 Å². The molecule has 0 aliphatic rings. The summed E-state index contributed by atoms with van der Waals surface area (Å²) in [4.78, 5) is 2.12. The standard InChI is InChI=1S/C11H16N2O/c1-5-13(11(2,3)4)10-7-6-9(8-12)14-10/h6-7H,5H2,1-4H3. The lowest BCUT2D eigenvalue weighted by Crippen LogP contribution is -2.41. The van der Waals surface area contributed by atoms with Crippen molar-refractivity contribution in [3.05, 3.63) is 17.9 Å². The van der Waals surface area contributed by atoms with Crippen LogP contribution in [0.15, 0.2) is 16.5 Å². The molecule has 0 aromatic carbocycles. The Morgan fingerprint density at radius 2 is 2.07 bits per heavy atom. The molecular formula is C11H16N2O. The summed E-state index contributed by atoms with van der Waals surface area (Å²) in [5.41, 5.74) is 0.0132. The Labute approximate surface area is 84.9 Å². The summed E-state index contributed by atoms with van der Waals surface area (Å²) in [5, 5.41) is 8.65. The largest absolute Gasteiger partial charge is 0.430 e. The van der Waals surface area contributed by atoms with Crippen molar-refractivity contribution in [2.24, 2.45) is 0 Å². The van der Waals surface area contributed by atoms with E-state index in [1.807, 2.05) is 12.1 Å². The van der Waals surface area contributed by atoms with Gasteiger partial charge < -0.3 is 9.32 Å². The van der Waals surface area contributed by atoms with E-state index >= 15 is 0 Å². The van der Waals surface area contributed by atoms with Gasteiger partial charge in [-0.05, 0) is 33.8 Å². The molecule has 1 rings (SSSR count). The molecule has 0 N–H and O–H groups in total. The molecule has 0 saturated heterocycles. The van der Waals surface area contributed by atoms with E-state index in [9.17, 15) is 0 Å². The van der Waals surface area contributed by atoms with E-state index in [0.717, 1.165) is 12.4 Å². The van der Waals surface area contributed by atoms with E-state index in [4.69, 9.17) is 9.68 Å². The number of anilines is 1. The summed E-state index contributed by atoms with van der Waals surface area (Å²) in [5.74, 6) is 1.12. The first-order chi connectivity index (χ1) is 6.49. The van der Waals surface area contributed by atoms with Crippen LogP contribution in [-0.2, 0) is 0 Å². The highest BCUT2D eigenvalue weighted by Gasteiger charge is 2.22. The van der Waals surface area contributed by atoms with E-state index in [-0.39, 0.29) is 5.54 Å². The number of furan rings is 1. The zero-order valence-electron chi connectivity index (χ0n) is 9.16. The third kappa shape index (κ3) is 2.08. The second-order valence-corrected chi connectivity index (χ2v) is 4.16. The zero-order valence-corrected chi connectivity index (χ0v) is 9.16. The fourth-order valence-corrected chi connectivity index (χ4v) is 1.49. The summed E-state index contributed by atoms with van der Waals surface area (Å²) in [7, 11) is 0. The van der Waals surface area contributed by atoms with Crippen molar-refractivity contribution < 1.29 is 4.42 Å². The van der Waals surface area contributed by atoms with Gasteiger partial charge in [-0.1, -0.05) is 0 Å². The molecule has 14 heavy (non-hydrogen) atoms. The molecule has 0 saturated carbocycles. The van der Waals surface area contributed by atoms with Gasteiger partial charge in [-0.25, -0.2) is 0 Å². The Bertz CT molecular complexity index is 341. The zero-order chi connectivity index (χ0) is 10.8.